The average Bonchev–Trinajstić information content (AvgIpc) is 3.00. The maximum absolute atomic E-state index is 13.9. The average molecular weight is 649 g/mol. The first-order valence-electron chi connectivity index (χ1n) is 15.9. The molecule has 2 heterocycles. The van der Waals surface area contributed by atoms with Gasteiger partial charge in [-0.2, -0.15) is 0 Å². The number of methoxy groups -OCH3 is 1. The van der Waals surface area contributed by atoms with Crippen LogP contribution >= 0.6 is 11.6 Å². The van der Waals surface area contributed by atoms with Crippen molar-refractivity contribution in [2.45, 2.75) is 84.2 Å². The molecular weight excluding hydrogens is 604 g/mol. The molecule has 3 unspecified atom stereocenters. The highest BCUT2D eigenvalue weighted by atomic mass is 35.5. The predicted molar refractivity (Wildman–Crippen MR) is 180 cm³/mol. The minimum atomic E-state index is -1.20. The molecule has 0 spiro atoms. The molecule has 9 heteroatoms. The summed E-state index contributed by atoms with van der Waals surface area (Å²) in [4.78, 5) is 30.2. The first-order valence-corrected chi connectivity index (χ1v) is 16.3. The number of likely N-dealkylation sites (tertiary alicyclic amines) is 1. The fraction of sp³-hybridized carbons (Fsp3) is 0.459. The highest BCUT2D eigenvalue weighted by molar-refractivity contribution is 6.30. The number of piperidine rings is 1. The van der Waals surface area contributed by atoms with Crippen LogP contribution in [0.2, 0.25) is 5.02 Å². The van der Waals surface area contributed by atoms with Gasteiger partial charge in [0.15, 0.2) is 11.5 Å². The van der Waals surface area contributed by atoms with Crippen LogP contribution in [0.4, 0.5) is 10.5 Å². The number of halogens is 1. The molecular formula is C37H45ClN2O6. The molecule has 2 aliphatic heterocycles. The topological polar surface area (TPSA) is 88.5 Å². The van der Waals surface area contributed by atoms with E-state index >= 15 is 0 Å². The van der Waals surface area contributed by atoms with Gasteiger partial charge in [-0.3, -0.25) is 4.79 Å². The van der Waals surface area contributed by atoms with E-state index in [4.69, 9.17) is 25.8 Å². The van der Waals surface area contributed by atoms with E-state index in [2.05, 4.69) is 0 Å². The lowest BCUT2D eigenvalue weighted by atomic mass is 9.78. The fourth-order valence-electron chi connectivity index (χ4n) is 6.45. The summed E-state index contributed by atoms with van der Waals surface area (Å²) < 4.78 is 17.4. The number of amides is 2. The number of hydrogen-bond acceptors (Lipinski definition) is 6. The molecule has 5 rings (SSSR count). The van der Waals surface area contributed by atoms with E-state index in [1.807, 2.05) is 95.3 Å². The lowest BCUT2D eigenvalue weighted by Gasteiger charge is -2.41. The normalized spacial score (nSPS) is 19.8. The van der Waals surface area contributed by atoms with E-state index < -0.39 is 17.2 Å². The highest BCUT2D eigenvalue weighted by Gasteiger charge is 2.40. The number of hydrogen-bond donors (Lipinski definition) is 1. The lowest BCUT2D eigenvalue weighted by Crippen LogP contribution is -2.48. The van der Waals surface area contributed by atoms with Crippen LogP contribution in [-0.2, 0) is 21.6 Å². The molecule has 0 bridgehead atoms. The zero-order valence-electron chi connectivity index (χ0n) is 27.8. The summed E-state index contributed by atoms with van der Waals surface area (Å²) in [7, 11) is 1.60. The van der Waals surface area contributed by atoms with Gasteiger partial charge >= 0.3 is 6.09 Å². The van der Waals surface area contributed by atoms with Gasteiger partial charge in [0.1, 0.15) is 5.60 Å². The van der Waals surface area contributed by atoms with Gasteiger partial charge in [-0.05, 0) is 113 Å². The van der Waals surface area contributed by atoms with Crippen LogP contribution in [0.1, 0.15) is 82.7 Å². The summed E-state index contributed by atoms with van der Waals surface area (Å²) in [5, 5.41) is 12.4. The summed E-state index contributed by atoms with van der Waals surface area (Å²) in [6.45, 7) is 12.3. The van der Waals surface area contributed by atoms with Crippen molar-refractivity contribution in [1.82, 2.24) is 4.90 Å². The zero-order valence-corrected chi connectivity index (χ0v) is 28.6. The molecule has 3 aromatic carbocycles. The first kappa shape index (κ1) is 33.6. The molecule has 2 amide bonds. The highest BCUT2D eigenvalue weighted by Crippen LogP contribution is 2.44. The summed E-state index contributed by atoms with van der Waals surface area (Å²) in [6, 6.07) is 18.5. The molecule has 0 saturated carbocycles. The van der Waals surface area contributed by atoms with Gasteiger partial charge in [0, 0.05) is 29.7 Å². The van der Waals surface area contributed by atoms with Crippen LogP contribution in [-0.4, -0.2) is 53.9 Å². The Labute approximate surface area is 277 Å². The third kappa shape index (κ3) is 7.13. The number of nitrogens with zero attached hydrogens (tertiary/aromatic N) is 2. The number of carbonyl (C=O) groups is 2. The van der Waals surface area contributed by atoms with Crippen molar-refractivity contribution in [2.24, 2.45) is 5.92 Å². The van der Waals surface area contributed by atoms with E-state index in [1.54, 1.807) is 23.8 Å². The Morgan fingerprint density at radius 2 is 1.67 bits per heavy atom. The van der Waals surface area contributed by atoms with Crippen LogP contribution in [0.3, 0.4) is 0 Å². The first-order chi connectivity index (χ1) is 21.7. The van der Waals surface area contributed by atoms with Gasteiger partial charge in [-0.25, -0.2) is 4.79 Å². The molecule has 3 aromatic rings. The molecule has 0 aromatic heterocycles. The number of ether oxygens (including phenoxy) is 3. The number of carbonyl (C=O) groups excluding carboxylic acids is 2. The molecule has 46 heavy (non-hydrogen) atoms. The standard InChI is InChI=1S/C37H45ClN2O6/c1-23(2)45-32-21-30-25(19-31(32)44-7)20-33(41)40(34(30)24-10-14-28(38)15-11-24)29-16-12-26(13-17-29)37(6,43)27-9-8-18-39(22-27)35(42)46-36(3,4)5/h10-17,19,21,23,27,34,43H,8-9,18,20,22H2,1-7H3. The smallest absolute Gasteiger partial charge is 0.410 e. The molecule has 0 aliphatic carbocycles. The van der Waals surface area contributed by atoms with Crippen molar-refractivity contribution in [3.63, 3.8) is 0 Å². The van der Waals surface area contributed by atoms with Gasteiger partial charge in [0.25, 0.3) is 0 Å². The second kappa shape index (κ2) is 13.2. The van der Waals surface area contributed by atoms with Crippen molar-refractivity contribution in [1.29, 1.82) is 0 Å². The largest absolute Gasteiger partial charge is 0.493 e. The maximum Gasteiger partial charge on any atom is 0.410 e. The van der Waals surface area contributed by atoms with Gasteiger partial charge in [-0.1, -0.05) is 35.9 Å². The van der Waals surface area contributed by atoms with Crippen molar-refractivity contribution < 1.29 is 28.9 Å². The zero-order chi connectivity index (χ0) is 33.4. The van der Waals surface area contributed by atoms with Crippen LogP contribution < -0.4 is 14.4 Å². The van der Waals surface area contributed by atoms with E-state index in [0.717, 1.165) is 35.1 Å². The van der Waals surface area contributed by atoms with Crippen molar-refractivity contribution in [3.8, 4) is 11.5 Å². The molecule has 0 radical (unpaired) electrons. The fourth-order valence-corrected chi connectivity index (χ4v) is 6.58. The second-order valence-corrected chi connectivity index (χ2v) is 14.2. The van der Waals surface area contributed by atoms with Gasteiger partial charge in [0.2, 0.25) is 5.91 Å². The van der Waals surface area contributed by atoms with E-state index in [1.165, 1.54) is 0 Å². The third-order valence-corrected chi connectivity index (χ3v) is 8.99. The molecule has 1 N–H and O–H groups in total. The predicted octanol–water partition coefficient (Wildman–Crippen LogP) is 7.67. The Morgan fingerprint density at radius 1 is 1.00 bits per heavy atom. The number of anilines is 1. The van der Waals surface area contributed by atoms with Crippen LogP contribution in [0, 0.1) is 5.92 Å². The Hall–Kier alpha value is -3.75. The van der Waals surface area contributed by atoms with Gasteiger partial charge in [0.05, 0.1) is 31.3 Å². The quantitative estimate of drug-likeness (QED) is 0.283. The summed E-state index contributed by atoms with van der Waals surface area (Å²) >= 11 is 6.26. The molecule has 2 aliphatic rings. The van der Waals surface area contributed by atoms with Crippen LogP contribution in [0.25, 0.3) is 0 Å². The number of aliphatic hydroxyl groups is 1. The Kier molecular flexibility index (Phi) is 9.62. The molecule has 1 fully saturated rings. The van der Waals surface area contributed by atoms with Crippen LogP contribution in [0.5, 0.6) is 11.5 Å². The van der Waals surface area contributed by atoms with Crippen molar-refractivity contribution >= 4 is 29.3 Å². The Morgan fingerprint density at radius 3 is 2.28 bits per heavy atom. The number of benzene rings is 3. The SMILES string of the molecule is COc1cc2c(cc1OC(C)C)C(c1ccc(Cl)cc1)N(c1ccc(C(C)(O)C3CCCN(C(=O)OC(C)(C)C)C3)cc1)C(=O)C2. The van der Waals surface area contributed by atoms with E-state index in [0.29, 0.717) is 35.3 Å². The third-order valence-electron chi connectivity index (χ3n) is 8.73. The van der Waals surface area contributed by atoms with Gasteiger partial charge < -0.3 is 29.1 Å². The van der Waals surface area contributed by atoms with Gasteiger partial charge in [-0.15, -0.1) is 0 Å². The van der Waals surface area contributed by atoms with Crippen LogP contribution in [0.15, 0.2) is 60.7 Å². The maximum atomic E-state index is 13.9. The summed E-state index contributed by atoms with van der Waals surface area (Å²) in [5.74, 6) is 0.956. The lowest BCUT2D eigenvalue weighted by molar-refractivity contribution is -0.118. The molecule has 3 atom stereocenters. The summed E-state index contributed by atoms with van der Waals surface area (Å²) in [6.07, 6.45) is 1.32. The summed E-state index contributed by atoms with van der Waals surface area (Å²) in [5.41, 5.74) is 2.36. The van der Waals surface area contributed by atoms with E-state index in [-0.39, 0.29) is 30.4 Å². The minimum Gasteiger partial charge on any atom is -0.493 e. The Balaban J connectivity index is 1.48. The second-order valence-electron chi connectivity index (χ2n) is 13.7. The number of rotatable bonds is 7. The Bertz CT molecular complexity index is 1560. The van der Waals surface area contributed by atoms with Crippen molar-refractivity contribution in [3.05, 3.63) is 87.9 Å². The molecule has 8 nitrogen and oxygen atoms in total. The minimum absolute atomic E-state index is 0.0631. The number of fused-ring (bicyclic) bond motifs is 1. The monoisotopic (exact) mass is 648 g/mol. The molecule has 1 saturated heterocycles. The molecule has 246 valence electrons. The van der Waals surface area contributed by atoms with E-state index in [9.17, 15) is 14.7 Å². The van der Waals surface area contributed by atoms with Crippen molar-refractivity contribution in [2.75, 3.05) is 25.1 Å².